The van der Waals surface area contributed by atoms with Crippen molar-refractivity contribution in [1.29, 1.82) is 0 Å². The Morgan fingerprint density at radius 1 is 1.38 bits per heavy atom. The molecule has 2 fully saturated rings. The maximum Gasteiger partial charge on any atom is 0.265 e. The van der Waals surface area contributed by atoms with Crippen molar-refractivity contribution < 1.29 is 14.3 Å². The lowest BCUT2D eigenvalue weighted by Gasteiger charge is -2.25. The fraction of sp³-hybridized carbons (Fsp3) is 0.692. The zero-order valence-electron chi connectivity index (χ0n) is 11.8. The normalized spacial score (nSPS) is 22.5. The average Bonchev–Trinajstić information content (AvgIpc) is 3.15. The minimum Gasteiger partial charge on any atom is -0.382 e. The van der Waals surface area contributed by atoms with E-state index in [0.717, 1.165) is 37.9 Å². The maximum absolute atomic E-state index is 12.2. The van der Waals surface area contributed by atoms with Gasteiger partial charge in [0.25, 0.3) is 5.91 Å². The van der Waals surface area contributed by atoms with Gasteiger partial charge in [0.2, 0.25) is 0 Å². The summed E-state index contributed by atoms with van der Waals surface area (Å²) in [6.07, 6.45) is 0.998. The second-order valence-corrected chi connectivity index (χ2v) is 6.23. The largest absolute Gasteiger partial charge is 0.382 e. The number of hydrogen-bond acceptors (Lipinski definition) is 7. The molecule has 2 saturated heterocycles. The number of nitrogens with two attached hydrogens (primary N) is 1. The van der Waals surface area contributed by atoms with Gasteiger partial charge in [0.05, 0.1) is 19.8 Å². The Morgan fingerprint density at radius 2 is 2.19 bits per heavy atom. The molecule has 0 bridgehead atoms. The van der Waals surface area contributed by atoms with Crippen molar-refractivity contribution in [1.82, 2.24) is 10.3 Å². The van der Waals surface area contributed by atoms with E-state index in [9.17, 15) is 4.79 Å². The molecule has 0 spiro atoms. The van der Waals surface area contributed by atoms with Crippen molar-refractivity contribution in [2.45, 2.75) is 6.42 Å². The lowest BCUT2D eigenvalue weighted by Crippen LogP contribution is -2.36. The number of nitrogens with zero attached hydrogens (tertiary/aromatic N) is 2. The number of aromatic nitrogens is 1. The number of ether oxygens (including phenoxy) is 2. The van der Waals surface area contributed by atoms with Crippen molar-refractivity contribution in [3.63, 3.8) is 0 Å². The molecule has 1 amide bonds. The number of morpholine rings is 1. The van der Waals surface area contributed by atoms with Crippen LogP contribution in [-0.4, -0.2) is 57.0 Å². The Hall–Kier alpha value is -1.38. The Balaban J connectivity index is 1.61. The molecule has 0 radical (unpaired) electrons. The first kappa shape index (κ1) is 14.6. The number of carbonyl (C=O) groups is 1. The number of hydrogen-bond donors (Lipinski definition) is 2. The van der Waals surface area contributed by atoms with E-state index in [0.29, 0.717) is 36.4 Å². The topological polar surface area (TPSA) is 89.7 Å². The monoisotopic (exact) mass is 312 g/mol. The van der Waals surface area contributed by atoms with Crippen LogP contribution in [0.25, 0.3) is 0 Å². The van der Waals surface area contributed by atoms with Crippen LogP contribution in [0, 0.1) is 5.92 Å². The maximum atomic E-state index is 12.2. The molecule has 0 aliphatic carbocycles. The number of carbonyl (C=O) groups excluding carboxylic acids is 1. The number of nitrogens with one attached hydrogen (secondary N) is 1. The molecule has 3 N–H and O–H groups in total. The van der Waals surface area contributed by atoms with E-state index in [1.807, 2.05) is 0 Å². The predicted molar refractivity (Wildman–Crippen MR) is 80.8 cm³/mol. The molecule has 2 aliphatic heterocycles. The zero-order valence-corrected chi connectivity index (χ0v) is 12.7. The molecule has 116 valence electrons. The second-order valence-electron chi connectivity index (χ2n) is 5.25. The summed E-state index contributed by atoms with van der Waals surface area (Å²) in [5.74, 6) is 0.569. The van der Waals surface area contributed by atoms with Gasteiger partial charge in [0.15, 0.2) is 5.13 Å². The minimum absolute atomic E-state index is 0.142. The van der Waals surface area contributed by atoms with Gasteiger partial charge in [-0.25, -0.2) is 4.98 Å². The lowest BCUT2D eigenvalue weighted by atomic mass is 10.1. The van der Waals surface area contributed by atoms with Crippen LogP contribution in [0.15, 0.2) is 0 Å². The van der Waals surface area contributed by atoms with Crippen LogP contribution in [0.5, 0.6) is 0 Å². The molecular weight excluding hydrogens is 292 g/mol. The van der Waals surface area contributed by atoms with Crippen LogP contribution in [0.2, 0.25) is 0 Å². The molecule has 3 rings (SSSR count). The summed E-state index contributed by atoms with van der Waals surface area (Å²) in [7, 11) is 0. The van der Waals surface area contributed by atoms with E-state index in [2.05, 4.69) is 15.2 Å². The first-order valence-electron chi connectivity index (χ1n) is 7.19. The van der Waals surface area contributed by atoms with Crippen LogP contribution in [0.3, 0.4) is 0 Å². The standard InChI is InChI=1S/C13H20N4O3S/c14-11-10(12(18)15-7-9-1-4-20-8-9)21-13(16-11)17-2-5-19-6-3-17/h9H,1-8,14H2,(H,15,18). The highest BCUT2D eigenvalue weighted by molar-refractivity contribution is 7.18. The molecule has 2 aliphatic rings. The third-order valence-corrected chi connectivity index (χ3v) is 4.84. The van der Waals surface area contributed by atoms with Crippen LogP contribution in [0.4, 0.5) is 10.9 Å². The van der Waals surface area contributed by atoms with E-state index in [4.69, 9.17) is 15.2 Å². The van der Waals surface area contributed by atoms with Gasteiger partial charge in [-0.3, -0.25) is 4.79 Å². The van der Waals surface area contributed by atoms with Crippen molar-refractivity contribution in [3.05, 3.63) is 4.88 Å². The van der Waals surface area contributed by atoms with E-state index in [1.54, 1.807) is 0 Å². The van der Waals surface area contributed by atoms with Crippen LogP contribution in [0.1, 0.15) is 16.1 Å². The van der Waals surface area contributed by atoms with Gasteiger partial charge < -0.3 is 25.4 Å². The molecule has 0 aromatic carbocycles. The van der Waals surface area contributed by atoms with Gasteiger partial charge in [-0.05, 0) is 6.42 Å². The lowest BCUT2D eigenvalue weighted by molar-refractivity contribution is 0.0949. The van der Waals surface area contributed by atoms with E-state index >= 15 is 0 Å². The Bertz CT molecular complexity index is 496. The Morgan fingerprint density at radius 3 is 2.90 bits per heavy atom. The highest BCUT2D eigenvalue weighted by Gasteiger charge is 2.22. The quantitative estimate of drug-likeness (QED) is 0.833. The predicted octanol–water partition coefficient (Wildman–Crippen LogP) is 0.328. The zero-order chi connectivity index (χ0) is 14.7. The van der Waals surface area contributed by atoms with Gasteiger partial charge in [0.1, 0.15) is 10.7 Å². The van der Waals surface area contributed by atoms with Crippen LogP contribution >= 0.6 is 11.3 Å². The number of thiazole rings is 1. The first-order valence-corrected chi connectivity index (χ1v) is 8.00. The van der Waals surface area contributed by atoms with Crippen molar-refractivity contribution in [3.8, 4) is 0 Å². The van der Waals surface area contributed by atoms with Gasteiger partial charge in [-0.15, -0.1) is 0 Å². The first-order chi connectivity index (χ1) is 10.2. The summed E-state index contributed by atoms with van der Waals surface area (Å²) < 4.78 is 10.6. The summed E-state index contributed by atoms with van der Waals surface area (Å²) in [5.41, 5.74) is 5.89. The molecule has 1 unspecified atom stereocenters. The van der Waals surface area contributed by atoms with Crippen LogP contribution in [-0.2, 0) is 9.47 Å². The van der Waals surface area contributed by atoms with Gasteiger partial charge in [0, 0.05) is 32.2 Å². The van der Waals surface area contributed by atoms with E-state index in [1.165, 1.54) is 11.3 Å². The van der Waals surface area contributed by atoms with E-state index < -0.39 is 0 Å². The average molecular weight is 312 g/mol. The van der Waals surface area contributed by atoms with Gasteiger partial charge in [-0.1, -0.05) is 11.3 Å². The third kappa shape index (κ3) is 3.45. The summed E-state index contributed by atoms with van der Waals surface area (Å²) in [6, 6.07) is 0. The number of nitrogen functional groups attached to an aromatic ring is 1. The molecule has 0 saturated carbocycles. The summed E-state index contributed by atoms with van der Waals surface area (Å²) in [4.78, 5) is 19.1. The molecule has 8 heteroatoms. The van der Waals surface area contributed by atoms with Gasteiger partial charge >= 0.3 is 0 Å². The molecule has 21 heavy (non-hydrogen) atoms. The highest BCUT2D eigenvalue weighted by atomic mass is 32.1. The fourth-order valence-electron chi connectivity index (χ4n) is 2.43. The van der Waals surface area contributed by atoms with Crippen LogP contribution < -0.4 is 16.0 Å². The fourth-order valence-corrected chi connectivity index (χ4v) is 3.39. The molecule has 7 nitrogen and oxygen atoms in total. The van der Waals surface area contributed by atoms with Gasteiger partial charge in [-0.2, -0.15) is 0 Å². The molecular formula is C13H20N4O3S. The molecule has 1 aromatic rings. The van der Waals surface area contributed by atoms with E-state index in [-0.39, 0.29) is 5.91 Å². The third-order valence-electron chi connectivity index (χ3n) is 3.71. The summed E-state index contributed by atoms with van der Waals surface area (Å²) in [5, 5.41) is 3.72. The van der Waals surface area contributed by atoms with Crippen molar-refractivity contribution in [2.75, 3.05) is 56.7 Å². The Labute approximate surface area is 127 Å². The molecule has 1 atom stereocenters. The highest BCUT2D eigenvalue weighted by Crippen LogP contribution is 2.28. The minimum atomic E-state index is -0.142. The smallest absolute Gasteiger partial charge is 0.265 e. The number of rotatable bonds is 4. The van der Waals surface area contributed by atoms with Crippen molar-refractivity contribution >= 4 is 28.2 Å². The summed E-state index contributed by atoms with van der Waals surface area (Å²) in [6.45, 7) is 5.07. The molecule has 1 aromatic heterocycles. The number of amides is 1. The molecule has 3 heterocycles. The van der Waals surface area contributed by atoms with Crippen molar-refractivity contribution in [2.24, 2.45) is 5.92 Å². The number of anilines is 2. The Kier molecular flexibility index (Phi) is 4.57. The SMILES string of the molecule is Nc1nc(N2CCOCC2)sc1C(=O)NCC1CCOC1. The second kappa shape index (κ2) is 6.59. The summed E-state index contributed by atoms with van der Waals surface area (Å²) >= 11 is 1.35.